The van der Waals surface area contributed by atoms with E-state index in [1.807, 2.05) is 40.8 Å². The molecule has 2 aromatic rings. The van der Waals surface area contributed by atoms with Crippen LogP contribution < -0.4 is 5.73 Å². The van der Waals surface area contributed by atoms with Crippen molar-refractivity contribution in [1.29, 1.82) is 0 Å². The fraction of sp³-hybridized carbons (Fsp3) is 0.529. The smallest absolute Gasteiger partial charge is 0.233 e. The molecule has 0 spiro atoms. The Morgan fingerprint density at radius 3 is 2.70 bits per heavy atom. The van der Waals surface area contributed by atoms with Gasteiger partial charge in [-0.3, -0.25) is 9.59 Å². The van der Waals surface area contributed by atoms with Crippen LogP contribution in [0.1, 0.15) is 20.3 Å². The maximum Gasteiger partial charge on any atom is 0.233 e. The SMILES string of the molecule is CC1CN(C(=O)CSc2nnc(-c3cccs3)n2CCC(N)=O)CC(C)O1. The second-order valence-electron chi connectivity index (χ2n) is 6.50. The van der Waals surface area contributed by atoms with E-state index in [1.165, 1.54) is 11.8 Å². The lowest BCUT2D eigenvalue weighted by Crippen LogP contribution is -2.48. The van der Waals surface area contributed by atoms with Gasteiger partial charge in [0, 0.05) is 26.1 Å². The van der Waals surface area contributed by atoms with Crippen LogP contribution in [0, 0.1) is 0 Å². The summed E-state index contributed by atoms with van der Waals surface area (Å²) in [6, 6.07) is 3.88. The second-order valence-corrected chi connectivity index (χ2v) is 8.39. The number of ether oxygens (including phenoxy) is 1. The van der Waals surface area contributed by atoms with Crippen molar-refractivity contribution in [2.45, 2.75) is 44.2 Å². The highest BCUT2D eigenvalue weighted by atomic mass is 32.2. The third kappa shape index (κ3) is 5.08. The van der Waals surface area contributed by atoms with Crippen LogP contribution in [-0.4, -0.2) is 62.5 Å². The number of rotatable bonds is 7. The molecule has 10 heteroatoms. The Labute approximate surface area is 166 Å². The maximum absolute atomic E-state index is 12.6. The molecule has 2 amide bonds. The summed E-state index contributed by atoms with van der Waals surface area (Å²) in [5, 5.41) is 11.1. The lowest BCUT2D eigenvalue weighted by atomic mass is 10.2. The highest BCUT2D eigenvalue weighted by Crippen LogP contribution is 2.28. The Morgan fingerprint density at radius 2 is 2.07 bits per heavy atom. The molecule has 1 saturated heterocycles. The van der Waals surface area contributed by atoms with Crippen molar-refractivity contribution in [3.05, 3.63) is 17.5 Å². The van der Waals surface area contributed by atoms with Crippen molar-refractivity contribution >= 4 is 34.9 Å². The normalized spacial score (nSPS) is 20.0. The van der Waals surface area contributed by atoms with Crippen molar-refractivity contribution in [1.82, 2.24) is 19.7 Å². The van der Waals surface area contributed by atoms with E-state index in [2.05, 4.69) is 10.2 Å². The quantitative estimate of drug-likeness (QED) is 0.697. The van der Waals surface area contributed by atoms with Crippen LogP contribution in [0.3, 0.4) is 0 Å². The van der Waals surface area contributed by atoms with E-state index in [0.29, 0.717) is 30.6 Å². The molecule has 2 aromatic heterocycles. The maximum atomic E-state index is 12.6. The zero-order valence-electron chi connectivity index (χ0n) is 15.3. The first kappa shape index (κ1) is 19.8. The van der Waals surface area contributed by atoms with Gasteiger partial charge in [0.05, 0.1) is 22.8 Å². The van der Waals surface area contributed by atoms with Gasteiger partial charge in [-0.1, -0.05) is 17.8 Å². The highest BCUT2D eigenvalue weighted by molar-refractivity contribution is 7.99. The predicted molar refractivity (Wildman–Crippen MR) is 104 cm³/mol. The summed E-state index contributed by atoms with van der Waals surface area (Å²) in [6.07, 6.45) is 0.260. The first-order chi connectivity index (χ1) is 12.9. The Bertz CT molecular complexity index is 783. The molecule has 0 saturated carbocycles. The summed E-state index contributed by atoms with van der Waals surface area (Å²) in [5.74, 6) is 0.613. The molecule has 1 aliphatic heterocycles. The third-order valence-electron chi connectivity index (χ3n) is 4.14. The lowest BCUT2D eigenvalue weighted by Gasteiger charge is -2.35. The first-order valence-electron chi connectivity index (χ1n) is 8.75. The summed E-state index contributed by atoms with van der Waals surface area (Å²) in [7, 11) is 0. The number of aromatic nitrogens is 3. The number of nitrogens with zero attached hydrogens (tertiary/aromatic N) is 4. The number of hydrogen-bond donors (Lipinski definition) is 1. The van der Waals surface area contributed by atoms with Crippen molar-refractivity contribution in [2.24, 2.45) is 5.73 Å². The molecule has 3 rings (SSSR count). The van der Waals surface area contributed by atoms with Gasteiger partial charge in [0.2, 0.25) is 11.8 Å². The first-order valence-corrected chi connectivity index (χ1v) is 10.6. The Hall–Kier alpha value is -1.91. The summed E-state index contributed by atoms with van der Waals surface area (Å²) in [5.41, 5.74) is 5.30. The lowest BCUT2D eigenvalue weighted by molar-refractivity contribution is -0.140. The van der Waals surface area contributed by atoms with Crippen LogP contribution in [0.25, 0.3) is 10.7 Å². The van der Waals surface area contributed by atoms with Crippen LogP contribution in [0.4, 0.5) is 0 Å². The summed E-state index contributed by atoms with van der Waals surface area (Å²) in [6.45, 7) is 5.52. The molecule has 2 N–H and O–H groups in total. The minimum absolute atomic E-state index is 0.0346. The minimum atomic E-state index is -0.385. The largest absolute Gasteiger partial charge is 0.372 e. The zero-order valence-corrected chi connectivity index (χ0v) is 17.0. The number of hydrogen-bond acceptors (Lipinski definition) is 7. The van der Waals surface area contributed by atoms with Gasteiger partial charge >= 0.3 is 0 Å². The summed E-state index contributed by atoms with van der Waals surface area (Å²) < 4.78 is 7.54. The van der Waals surface area contributed by atoms with Gasteiger partial charge in [-0.25, -0.2) is 0 Å². The van der Waals surface area contributed by atoms with Gasteiger partial charge in [0.15, 0.2) is 11.0 Å². The van der Waals surface area contributed by atoms with Gasteiger partial charge in [0.1, 0.15) is 0 Å². The van der Waals surface area contributed by atoms with Crippen LogP contribution in [0.5, 0.6) is 0 Å². The fourth-order valence-electron chi connectivity index (χ4n) is 3.01. The van der Waals surface area contributed by atoms with Crippen LogP contribution in [0.15, 0.2) is 22.7 Å². The second kappa shape index (κ2) is 8.85. The number of amides is 2. The molecule has 3 heterocycles. The number of morpholine rings is 1. The van der Waals surface area contributed by atoms with Crippen molar-refractivity contribution in [3.8, 4) is 10.7 Å². The summed E-state index contributed by atoms with van der Waals surface area (Å²) >= 11 is 2.88. The third-order valence-corrected chi connectivity index (χ3v) is 5.95. The molecule has 8 nitrogen and oxygen atoms in total. The van der Waals surface area contributed by atoms with E-state index >= 15 is 0 Å². The monoisotopic (exact) mass is 409 g/mol. The van der Waals surface area contributed by atoms with Crippen LogP contribution >= 0.6 is 23.1 Å². The number of carbonyl (C=O) groups excluding carboxylic acids is 2. The van der Waals surface area contributed by atoms with Gasteiger partial charge < -0.3 is 19.9 Å². The molecule has 2 atom stereocenters. The van der Waals surface area contributed by atoms with E-state index < -0.39 is 0 Å². The Morgan fingerprint density at radius 1 is 1.33 bits per heavy atom. The van der Waals surface area contributed by atoms with E-state index in [9.17, 15) is 9.59 Å². The van der Waals surface area contributed by atoms with Crippen LogP contribution in [0.2, 0.25) is 0 Å². The average Bonchev–Trinajstić information content (AvgIpc) is 3.26. The van der Waals surface area contributed by atoms with Crippen molar-refractivity contribution in [3.63, 3.8) is 0 Å². The van der Waals surface area contributed by atoms with E-state index in [4.69, 9.17) is 10.5 Å². The van der Waals surface area contributed by atoms with E-state index in [-0.39, 0.29) is 36.2 Å². The molecule has 146 valence electrons. The fourth-order valence-corrected chi connectivity index (χ4v) is 4.59. The Balaban J connectivity index is 1.70. The number of thioether (sulfide) groups is 1. The molecule has 0 bridgehead atoms. The van der Waals surface area contributed by atoms with E-state index in [0.717, 1.165) is 4.88 Å². The number of thiophene rings is 1. The minimum Gasteiger partial charge on any atom is -0.372 e. The molecule has 0 radical (unpaired) electrons. The summed E-state index contributed by atoms with van der Waals surface area (Å²) in [4.78, 5) is 26.6. The number of carbonyl (C=O) groups is 2. The van der Waals surface area contributed by atoms with Gasteiger partial charge in [-0.05, 0) is 25.3 Å². The zero-order chi connectivity index (χ0) is 19.4. The van der Waals surface area contributed by atoms with Gasteiger partial charge in [-0.2, -0.15) is 0 Å². The highest BCUT2D eigenvalue weighted by Gasteiger charge is 2.26. The molecular weight excluding hydrogens is 386 g/mol. The van der Waals surface area contributed by atoms with Crippen LogP contribution in [-0.2, 0) is 20.9 Å². The number of primary amides is 1. The van der Waals surface area contributed by atoms with Crippen molar-refractivity contribution in [2.75, 3.05) is 18.8 Å². The van der Waals surface area contributed by atoms with Crippen molar-refractivity contribution < 1.29 is 14.3 Å². The Kier molecular flexibility index (Phi) is 6.51. The number of nitrogens with two attached hydrogens (primary N) is 1. The topological polar surface area (TPSA) is 103 Å². The molecule has 27 heavy (non-hydrogen) atoms. The average molecular weight is 410 g/mol. The molecule has 0 aromatic carbocycles. The van der Waals surface area contributed by atoms with Gasteiger partial charge in [0.25, 0.3) is 0 Å². The molecule has 1 fully saturated rings. The van der Waals surface area contributed by atoms with Gasteiger partial charge in [-0.15, -0.1) is 21.5 Å². The molecular formula is C17H23N5O3S2. The van der Waals surface area contributed by atoms with E-state index in [1.54, 1.807) is 11.3 Å². The predicted octanol–water partition coefficient (Wildman–Crippen LogP) is 1.61. The standard InChI is InChI=1S/C17H23N5O3S2/c1-11-8-21(9-12(2)25-11)15(24)10-27-17-20-19-16(13-4-3-7-26-13)22(17)6-5-14(18)23/h3-4,7,11-12H,5-6,8-10H2,1-2H3,(H2,18,23). The molecule has 0 aliphatic carbocycles. The molecule has 1 aliphatic rings. The molecule has 2 unspecified atom stereocenters.